The van der Waals surface area contributed by atoms with Gasteiger partial charge in [0.05, 0.1) is 23.7 Å². The third-order valence-corrected chi connectivity index (χ3v) is 8.77. The summed E-state index contributed by atoms with van der Waals surface area (Å²) in [5.74, 6) is 0.296. The summed E-state index contributed by atoms with van der Waals surface area (Å²) in [5, 5.41) is 3.78. The van der Waals surface area contributed by atoms with Crippen molar-refractivity contribution in [1.82, 2.24) is 20.1 Å². The van der Waals surface area contributed by atoms with Crippen molar-refractivity contribution in [3.8, 4) is 0 Å². The molecular formula is C26H37F3N4O3. The van der Waals surface area contributed by atoms with E-state index < -0.39 is 17.2 Å². The van der Waals surface area contributed by atoms with Crippen LogP contribution in [0.25, 0.3) is 0 Å². The van der Waals surface area contributed by atoms with Crippen LogP contribution in [0.15, 0.2) is 12.3 Å². The molecule has 36 heavy (non-hydrogen) atoms. The molecule has 1 saturated carbocycles. The van der Waals surface area contributed by atoms with Crippen molar-refractivity contribution >= 4 is 5.91 Å². The van der Waals surface area contributed by atoms with Crippen molar-refractivity contribution < 1.29 is 27.4 Å². The van der Waals surface area contributed by atoms with Gasteiger partial charge in [0.15, 0.2) is 0 Å². The van der Waals surface area contributed by atoms with Crippen LogP contribution in [0.2, 0.25) is 0 Å². The Hall–Kier alpha value is -1.75. The van der Waals surface area contributed by atoms with Crippen LogP contribution in [0.1, 0.15) is 49.9 Å². The minimum Gasteiger partial charge on any atom is -0.379 e. The molecule has 1 aromatic heterocycles. The second kappa shape index (κ2) is 9.85. The Labute approximate surface area is 210 Å². The lowest BCUT2D eigenvalue weighted by Crippen LogP contribution is -2.52. The van der Waals surface area contributed by atoms with E-state index in [1.807, 2.05) is 0 Å². The quantitative estimate of drug-likeness (QED) is 0.657. The van der Waals surface area contributed by atoms with Crippen LogP contribution in [0, 0.1) is 11.3 Å². The maximum Gasteiger partial charge on any atom is 0.417 e. The number of aromatic nitrogens is 1. The molecule has 0 aromatic carbocycles. The smallest absolute Gasteiger partial charge is 0.379 e. The second-order valence-electron chi connectivity index (χ2n) is 11.2. The van der Waals surface area contributed by atoms with Crippen LogP contribution < -0.4 is 5.32 Å². The van der Waals surface area contributed by atoms with Gasteiger partial charge in [-0.2, -0.15) is 13.2 Å². The molecule has 1 aliphatic carbocycles. The molecule has 0 radical (unpaired) electrons. The van der Waals surface area contributed by atoms with E-state index in [-0.39, 0.29) is 36.6 Å². The van der Waals surface area contributed by atoms with Gasteiger partial charge in [-0.15, -0.1) is 0 Å². The van der Waals surface area contributed by atoms with E-state index >= 15 is 0 Å². The third-order valence-electron chi connectivity index (χ3n) is 8.77. The molecule has 1 amide bonds. The molecule has 5 atom stereocenters. The van der Waals surface area contributed by atoms with Gasteiger partial charge >= 0.3 is 6.18 Å². The fourth-order valence-corrected chi connectivity index (χ4v) is 6.77. The molecule has 7 nitrogen and oxygen atoms in total. The average Bonchev–Trinajstić information content (AvgIpc) is 3.38. The van der Waals surface area contributed by atoms with Crippen molar-refractivity contribution in [1.29, 1.82) is 0 Å². The highest BCUT2D eigenvalue weighted by Gasteiger charge is 2.59. The minimum atomic E-state index is -4.45. The first-order valence-electron chi connectivity index (χ1n) is 13.1. The number of amides is 1. The molecule has 3 aliphatic heterocycles. The summed E-state index contributed by atoms with van der Waals surface area (Å²) < 4.78 is 51.1. The number of carbonyl (C=O) groups excluding carboxylic acids is 1. The molecule has 200 valence electrons. The molecular weight excluding hydrogens is 473 g/mol. The highest BCUT2D eigenvalue weighted by atomic mass is 19.4. The van der Waals surface area contributed by atoms with Gasteiger partial charge < -0.3 is 19.7 Å². The predicted molar refractivity (Wildman–Crippen MR) is 127 cm³/mol. The molecule has 10 heteroatoms. The molecule has 1 N–H and O–H groups in total. The number of pyridine rings is 1. The highest BCUT2D eigenvalue weighted by molar-refractivity contribution is 5.84. The van der Waals surface area contributed by atoms with Gasteiger partial charge in [0, 0.05) is 76.3 Å². The first-order valence-corrected chi connectivity index (χ1v) is 13.1. The monoisotopic (exact) mass is 510 g/mol. The van der Waals surface area contributed by atoms with E-state index in [4.69, 9.17) is 9.47 Å². The fourth-order valence-electron chi connectivity index (χ4n) is 6.77. The van der Waals surface area contributed by atoms with Gasteiger partial charge in [0.2, 0.25) is 5.91 Å². The fraction of sp³-hybridized carbons (Fsp3) is 0.769. The van der Waals surface area contributed by atoms with Crippen LogP contribution in [0.3, 0.4) is 0 Å². The van der Waals surface area contributed by atoms with Crippen molar-refractivity contribution in [2.45, 2.75) is 76.5 Å². The lowest BCUT2D eigenvalue weighted by atomic mass is 9.78. The van der Waals surface area contributed by atoms with Gasteiger partial charge in [-0.05, 0) is 50.7 Å². The van der Waals surface area contributed by atoms with Crippen LogP contribution in [0.4, 0.5) is 13.2 Å². The van der Waals surface area contributed by atoms with Gasteiger partial charge in [-0.1, -0.05) is 0 Å². The largest absolute Gasteiger partial charge is 0.417 e. The lowest BCUT2D eigenvalue weighted by molar-refractivity contribution is -0.144. The summed E-state index contributed by atoms with van der Waals surface area (Å²) in [5.41, 5.74) is -0.114. The topological polar surface area (TPSA) is 66.9 Å². The molecule has 5 rings (SSSR count). The summed E-state index contributed by atoms with van der Waals surface area (Å²) >= 11 is 0. The average molecular weight is 511 g/mol. The number of nitrogens with one attached hydrogen (secondary N) is 1. The van der Waals surface area contributed by atoms with Gasteiger partial charge in [-0.3, -0.25) is 14.7 Å². The Kier molecular flexibility index (Phi) is 7.08. The Morgan fingerprint density at radius 2 is 2.17 bits per heavy atom. The molecule has 0 bridgehead atoms. The SMILES string of the molecule is CO[C@@H]1COCC[C@@H]1N[C@@H]1C[C@H]2CN(C(C)C)C[C@@]2(C(=O)N2CCc3ncc(C(F)(F)F)cc3C2)C1. The van der Waals surface area contributed by atoms with E-state index in [1.54, 1.807) is 12.0 Å². The van der Waals surface area contributed by atoms with E-state index in [1.165, 1.54) is 6.07 Å². The number of hydrogen-bond donors (Lipinski definition) is 1. The van der Waals surface area contributed by atoms with Gasteiger partial charge in [-0.25, -0.2) is 0 Å². The van der Waals surface area contributed by atoms with Crippen LogP contribution >= 0.6 is 0 Å². The van der Waals surface area contributed by atoms with Crippen molar-refractivity contribution in [2.24, 2.45) is 11.3 Å². The van der Waals surface area contributed by atoms with E-state index in [2.05, 4.69) is 29.0 Å². The molecule has 3 fully saturated rings. The summed E-state index contributed by atoms with van der Waals surface area (Å²) in [6.07, 6.45) is -0.560. The Morgan fingerprint density at radius 3 is 2.89 bits per heavy atom. The van der Waals surface area contributed by atoms with Crippen LogP contribution in [0.5, 0.6) is 0 Å². The molecule has 1 aromatic rings. The lowest BCUT2D eigenvalue weighted by Gasteiger charge is -2.38. The maximum atomic E-state index is 14.2. The number of carbonyl (C=O) groups is 1. The Morgan fingerprint density at radius 1 is 1.36 bits per heavy atom. The van der Waals surface area contributed by atoms with Crippen LogP contribution in [-0.4, -0.2) is 84.9 Å². The van der Waals surface area contributed by atoms with Crippen molar-refractivity contribution in [2.75, 3.05) is 40.0 Å². The predicted octanol–water partition coefficient (Wildman–Crippen LogP) is 2.87. The number of nitrogens with zero attached hydrogens (tertiary/aromatic N) is 3. The highest BCUT2D eigenvalue weighted by Crippen LogP contribution is 2.51. The third kappa shape index (κ3) is 4.77. The summed E-state index contributed by atoms with van der Waals surface area (Å²) in [7, 11) is 1.70. The first-order chi connectivity index (χ1) is 17.1. The number of likely N-dealkylation sites (tertiary alicyclic amines) is 1. The number of methoxy groups -OCH3 is 1. The number of alkyl halides is 3. The first kappa shape index (κ1) is 25.9. The summed E-state index contributed by atoms with van der Waals surface area (Å²) in [6, 6.07) is 1.89. The minimum absolute atomic E-state index is 0.00747. The maximum absolute atomic E-state index is 14.2. The zero-order valence-electron chi connectivity index (χ0n) is 21.3. The second-order valence-corrected chi connectivity index (χ2v) is 11.2. The Bertz CT molecular complexity index is 974. The molecule has 0 spiro atoms. The van der Waals surface area contributed by atoms with E-state index in [0.717, 1.165) is 32.0 Å². The summed E-state index contributed by atoms with van der Waals surface area (Å²) in [4.78, 5) is 22.4. The van der Waals surface area contributed by atoms with Gasteiger partial charge in [0.25, 0.3) is 0 Å². The Balaban J connectivity index is 1.36. The molecule has 4 aliphatic rings. The normalized spacial score (nSPS) is 33.1. The molecule has 4 heterocycles. The number of rotatable bonds is 5. The zero-order chi connectivity index (χ0) is 25.7. The zero-order valence-corrected chi connectivity index (χ0v) is 21.3. The van der Waals surface area contributed by atoms with E-state index in [0.29, 0.717) is 50.0 Å². The number of ether oxygens (including phenoxy) is 2. The molecule has 2 saturated heterocycles. The van der Waals surface area contributed by atoms with Gasteiger partial charge in [0.1, 0.15) is 0 Å². The number of fused-ring (bicyclic) bond motifs is 2. The standard InChI is InChI=1S/C26H37F3N4O3/c1-16(2)33-13-19-9-20(31-22-5-7-36-14-23(22)35-3)10-25(19,15-33)24(34)32-6-4-21-17(12-32)8-18(11-30-21)26(27,28)29/h8,11,16,19-20,22-23,31H,4-7,9-10,12-15H2,1-3H3/t19-,20+,22-,23+,25-/m0/s1. The number of hydrogen-bond acceptors (Lipinski definition) is 6. The van der Waals surface area contributed by atoms with Crippen molar-refractivity contribution in [3.63, 3.8) is 0 Å². The van der Waals surface area contributed by atoms with Crippen molar-refractivity contribution in [3.05, 3.63) is 29.1 Å². The van der Waals surface area contributed by atoms with E-state index in [9.17, 15) is 18.0 Å². The van der Waals surface area contributed by atoms with Crippen LogP contribution in [-0.2, 0) is 33.4 Å². The summed E-state index contributed by atoms with van der Waals surface area (Å²) in [6.45, 7) is 7.81. The molecule has 0 unspecified atom stereocenters. The number of halogens is 3.